The van der Waals surface area contributed by atoms with Crippen molar-refractivity contribution in [1.82, 2.24) is 4.31 Å². The van der Waals surface area contributed by atoms with E-state index in [0.29, 0.717) is 35.5 Å². The van der Waals surface area contributed by atoms with E-state index in [1.807, 2.05) is 19.9 Å². The molecule has 2 rings (SSSR count). The zero-order chi connectivity index (χ0) is 14.9. The Morgan fingerprint density at radius 2 is 2.05 bits per heavy atom. The summed E-state index contributed by atoms with van der Waals surface area (Å²) in [5.41, 5.74) is 8.12. The minimum absolute atomic E-state index is 0.168. The Morgan fingerprint density at radius 1 is 1.35 bits per heavy atom. The molecule has 5 nitrogen and oxygen atoms in total. The number of aliphatic hydroxyl groups is 1. The van der Waals surface area contributed by atoms with Crippen LogP contribution in [0.4, 0.5) is 5.69 Å². The molecule has 1 saturated heterocycles. The lowest BCUT2D eigenvalue weighted by Gasteiger charge is -2.20. The number of nitrogen functional groups attached to an aromatic ring is 1. The number of nitrogens with zero attached hydrogens (tertiary/aromatic N) is 1. The van der Waals surface area contributed by atoms with E-state index in [1.165, 1.54) is 4.31 Å². The van der Waals surface area contributed by atoms with Gasteiger partial charge in [-0.1, -0.05) is 13.8 Å². The predicted molar refractivity (Wildman–Crippen MR) is 79.0 cm³/mol. The molecule has 1 aliphatic rings. The summed E-state index contributed by atoms with van der Waals surface area (Å²) >= 11 is 0. The molecule has 6 heteroatoms. The Kier molecular flexibility index (Phi) is 4.36. The fourth-order valence-corrected chi connectivity index (χ4v) is 4.47. The number of anilines is 1. The van der Waals surface area contributed by atoms with E-state index in [9.17, 15) is 13.5 Å². The molecular weight excluding hydrogens is 276 g/mol. The molecular formula is C14H22N2O3S. The van der Waals surface area contributed by atoms with Crippen molar-refractivity contribution >= 4 is 15.7 Å². The van der Waals surface area contributed by atoms with Crippen molar-refractivity contribution in [3.8, 4) is 0 Å². The molecule has 112 valence electrons. The van der Waals surface area contributed by atoms with Crippen LogP contribution in [0.5, 0.6) is 0 Å². The molecule has 1 heterocycles. The Morgan fingerprint density at radius 3 is 2.55 bits per heavy atom. The lowest BCUT2D eigenvalue weighted by Crippen LogP contribution is -2.30. The van der Waals surface area contributed by atoms with Crippen LogP contribution < -0.4 is 5.73 Å². The minimum Gasteiger partial charge on any atom is -0.398 e. The van der Waals surface area contributed by atoms with Gasteiger partial charge in [-0.05, 0) is 42.5 Å². The maximum absolute atomic E-state index is 12.7. The molecule has 1 atom stereocenters. The molecule has 0 unspecified atom stereocenters. The van der Waals surface area contributed by atoms with Crippen LogP contribution in [0.15, 0.2) is 17.0 Å². The normalized spacial score (nSPS) is 20.4. The third-order valence-corrected chi connectivity index (χ3v) is 5.74. The molecule has 0 saturated carbocycles. The van der Waals surface area contributed by atoms with E-state index < -0.39 is 16.1 Å². The molecule has 0 spiro atoms. The Bertz CT molecular complexity index is 599. The van der Waals surface area contributed by atoms with E-state index >= 15 is 0 Å². The number of hydrogen-bond donors (Lipinski definition) is 2. The summed E-state index contributed by atoms with van der Waals surface area (Å²) in [6, 6.07) is 3.56. The van der Waals surface area contributed by atoms with Gasteiger partial charge in [0.1, 0.15) is 0 Å². The quantitative estimate of drug-likeness (QED) is 0.817. The molecule has 0 amide bonds. The highest BCUT2D eigenvalue weighted by atomic mass is 32.2. The van der Waals surface area contributed by atoms with Gasteiger partial charge in [0.15, 0.2) is 0 Å². The maximum Gasteiger partial charge on any atom is 0.243 e. The van der Waals surface area contributed by atoms with E-state index in [-0.39, 0.29) is 6.54 Å². The third kappa shape index (κ3) is 2.68. The van der Waals surface area contributed by atoms with Crippen LogP contribution in [-0.2, 0) is 22.9 Å². The Balaban J connectivity index is 2.52. The average molecular weight is 298 g/mol. The third-order valence-electron chi connectivity index (χ3n) is 3.81. The highest BCUT2D eigenvalue weighted by molar-refractivity contribution is 7.89. The van der Waals surface area contributed by atoms with Gasteiger partial charge >= 0.3 is 0 Å². The van der Waals surface area contributed by atoms with Crippen molar-refractivity contribution in [1.29, 1.82) is 0 Å². The number of nitrogens with two attached hydrogens (primary N) is 1. The number of sulfonamides is 1. The van der Waals surface area contributed by atoms with Crippen molar-refractivity contribution in [3.63, 3.8) is 0 Å². The minimum atomic E-state index is -3.58. The molecule has 1 aromatic carbocycles. The summed E-state index contributed by atoms with van der Waals surface area (Å²) in [4.78, 5) is 0.297. The van der Waals surface area contributed by atoms with Crippen molar-refractivity contribution in [2.75, 3.05) is 18.8 Å². The van der Waals surface area contributed by atoms with E-state index in [4.69, 9.17) is 5.73 Å². The summed E-state index contributed by atoms with van der Waals surface area (Å²) in [7, 11) is -3.58. The van der Waals surface area contributed by atoms with Crippen molar-refractivity contribution in [2.24, 2.45) is 0 Å². The van der Waals surface area contributed by atoms with Crippen LogP contribution in [0, 0.1) is 0 Å². The van der Waals surface area contributed by atoms with Gasteiger partial charge in [-0.2, -0.15) is 4.31 Å². The second-order valence-corrected chi connectivity index (χ2v) is 7.08. The zero-order valence-electron chi connectivity index (χ0n) is 12.0. The van der Waals surface area contributed by atoms with Gasteiger partial charge in [-0.15, -0.1) is 0 Å². The van der Waals surface area contributed by atoms with Crippen LogP contribution in [0.2, 0.25) is 0 Å². The fraction of sp³-hybridized carbons (Fsp3) is 0.571. The maximum atomic E-state index is 12.7. The molecule has 20 heavy (non-hydrogen) atoms. The average Bonchev–Trinajstić information content (AvgIpc) is 2.85. The number of β-amino-alcohol motifs (C(OH)–C–C–N with tert-alkyl or cyclic N) is 1. The first-order valence-electron chi connectivity index (χ1n) is 6.99. The number of hydrogen-bond acceptors (Lipinski definition) is 4. The summed E-state index contributed by atoms with van der Waals surface area (Å²) in [6.45, 7) is 4.40. The topological polar surface area (TPSA) is 83.6 Å². The molecule has 0 aromatic heterocycles. The molecule has 1 fully saturated rings. The fourth-order valence-electron chi connectivity index (χ4n) is 2.61. The van der Waals surface area contributed by atoms with E-state index in [0.717, 1.165) is 12.0 Å². The first-order valence-corrected chi connectivity index (χ1v) is 8.43. The van der Waals surface area contributed by atoms with Gasteiger partial charge in [0.2, 0.25) is 10.0 Å². The number of benzene rings is 1. The SMILES string of the molecule is CCc1cc(N)c(CC)c(S(=O)(=O)N2CC[C@H](O)C2)c1. The monoisotopic (exact) mass is 298 g/mol. The van der Waals surface area contributed by atoms with Crippen molar-refractivity contribution in [2.45, 2.75) is 44.1 Å². The van der Waals surface area contributed by atoms with Crippen molar-refractivity contribution < 1.29 is 13.5 Å². The molecule has 1 aromatic rings. The summed E-state index contributed by atoms with van der Waals surface area (Å²) in [6.07, 6.45) is 1.23. The smallest absolute Gasteiger partial charge is 0.243 e. The zero-order valence-corrected chi connectivity index (χ0v) is 12.8. The van der Waals surface area contributed by atoms with Gasteiger partial charge in [-0.25, -0.2) is 8.42 Å². The lowest BCUT2D eigenvalue weighted by atomic mass is 10.1. The first kappa shape index (κ1) is 15.3. The van der Waals surface area contributed by atoms with Gasteiger partial charge in [-0.3, -0.25) is 0 Å². The van der Waals surface area contributed by atoms with Crippen LogP contribution in [-0.4, -0.2) is 37.0 Å². The van der Waals surface area contributed by atoms with Gasteiger partial charge in [0.25, 0.3) is 0 Å². The first-order chi connectivity index (χ1) is 9.40. The second kappa shape index (κ2) is 5.71. The molecule has 0 radical (unpaired) electrons. The summed E-state index contributed by atoms with van der Waals surface area (Å²) in [5, 5.41) is 9.56. The molecule has 0 aliphatic carbocycles. The predicted octanol–water partition coefficient (Wildman–Crippen LogP) is 1.15. The van der Waals surface area contributed by atoms with Gasteiger partial charge in [0.05, 0.1) is 11.0 Å². The van der Waals surface area contributed by atoms with E-state index in [1.54, 1.807) is 6.07 Å². The number of aryl methyl sites for hydroxylation is 1. The molecule has 1 aliphatic heterocycles. The van der Waals surface area contributed by atoms with E-state index in [2.05, 4.69) is 0 Å². The highest BCUT2D eigenvalue weighted by Gasteiger charge is 2.33. The standard InChI is InChI=1S/C14H22N2O3S/c1-3-10-7-13(15)12(4-2)14(8-10)20(18,19)16-6-5-11(17)9-16/h7-8,11,17H,3-6,9,15H2,1-2H3/t11-/m0/s1. The van der Waals surface area contributed by atoms with Crippen LogP contribution in [0.3, 0.4) is 0 Å². The van der Waals surface area contributed by atoms with Crippen LogP contribution >= 0.6 is 0 Å². The number of rotatable bonds is 4. The largest absolute Gasteiger partial charge is 0.398 e. The van der Waals surface area contributed by atoms with Crippen LogP contribution in [0.25, 0.3) is 0 Å². The molecule has 3 N–H and O–H groups in total. The lowest BCUT2D eigenvalue weighted by molar-refractivity contribution is 0.189. The van der Waals surface area contributed by atoms with Crippen molar-refractivity contribution in [3.05, 3.63) is 23.3 Å². The second-order valence-electron chi connectivity index (χ2n) is 5.17. The summed E-state index contributed by atoms with van der Waals surface area (Å²) in [5.74, 6) is 0. The number of aliphatic hydroxyl groups excluding tert-OH is 1. The van der Waals surface area contributed by atoms with Crippen LogP contribution in [0.1, 0.15) is 31.4 Å². The Labute approximate surface area is 120 Å². The van der Waals surface area contributed by atoms with Gasteiger partial charge in [0, 0.05) is 18.8 Å². The highest BCUT2D eigenvalue weighted by Crippen LogP contribution is 2.29. The Hall–Kier alpha value is -1.11. The molecule has 0 bridgehead atoms. The summed E-state index contributed by atoms with van der Waals surface area (Å²) < 4.78 is 26.8. The van der Waals surface area contributed by atoms with Gasteiger partial charge < -0.3 is 10.8 Å².